The molecule has 1 aromatic carbocycles. The first-order valence-corrected chi connectivity index (χ1v) is 5.99. The smallest absolute Gasteiger partial charge is 0.242 e. The molecule has 2 unspecified atom stereocenters. The molecule has 0 aliphatic heterocycles. The summed E-state index contributed by atoms with van der Waals surface area (Å²) in [5.41, 5.74) is 0.762. The normalized spacial score (nSPS) is 13.5. The Morgan fingerprint density at radius 3 is 2.65 bits per heavy atom. The highest BCUT2D eigenvalue weighted by Gasteiger charge is 2.19. The van der Waals surface area contributed by atoms with Gasteiger partial charge < -0.3 is 5.32 Å². The van der Waals surface area contributed by atoms with E-state index in [1.165, 1.54) is 0 Å². The summed E-state index contributed by atoms with van der Waals surface area (Å²) in [6.45, 7) is 1.92. The summed E-state index contributed by atoms with van der Waals surface area (Å²) in [6, 6.07) is 11.1. The van der Waals surface area contributed by atoms with Gasteiger partial charge in [0.25, 0.3) is 0 Å². The molecule has 0 saturated carbocycles. The molecule has 1 N–H and O–H groups in total. The minimum atomic E-state index is -0.705. The maximum Gasteiger partial charge on any atom is 0.242 e. The molecular weight excluding hydrogens is 236 g/mol. The van der Waals surface area contributed by atoms with E-state index in [1.54, 1.807) is 0 Å². The van der Waals surface area contributed by atoms with Crippen LogP contribution in [0.15, 0.2) is 30.3 Å². The van der Waals surface area contributed by atoms with Gasteiger partial charge in [0.15, 0.2) is 0 Å². The van der Waals surface area contributed by atoms with Crippen LogP contribution < -0.4 is 5.32 Å². The molecule has 0 spiro atoms. The fourth-order valence-electron chi connectivity index (χ4n) is 1.46. The second-order valence-electron chi connectivity index (χ2n) is 3.75. The van der Waals surface area contributed by atoms with Crippen molar-refractivity contribution in [2.24, 2.45) is 0 Å². The first-order valence-electron chi connectivity index (χ1n) is 5.55. The predicted molar refractivity (Wildman–Crippen MR) is 67.5 cm³/mol. The molecule has 2 atom stereocenters. The number of nitrogens with one attached hydrogen (secondary N) is 1. The molecule has 4 heteroatoms. The summed E-state index contributed by atoms with van der Waals surface area (Å²) in [5, 5.41) is 10.7. The van der Waals surface area contributed by atoms with Gasteiger partial charge in [-0.25, -0.2) is 0 Å². The Balaban J connectivity index is 2.62. The van der Waals surface area contributed by atoms with Crippen molar-refractivity contribution in [3.63, 3.8) is 0 Å². The lowest BCUT2D eigenvalue weighted by Crippen LogP contribution is -2.36. The zero-order valence-corrected chi connectivity index (χ0v) is 10.4. The molecule has 1 aromatic rings. The van der Waals surface area contributed by atoms with Crippen LogP contribution in [0.4, 0.5) is 0 Å². The van der Waals surface area contributed by atoms with Gasteiger partial charge in [-0.3, -0.25) is 4.79 Å². The van der Waals surface area contributed by atoms with Gasteiger partial charge in [-0.15, -0.1) is 11.6 Å². The van der Waals surface area contributed by atoms with Gasteiger partial charge in [-0.1, -0.05) is 37.3 Å². The summed E-state index contributed by atoms with van der Waals surface area (Å²) in [7, 11) is 0. The molecule has 17 heavy (non-hydrogen) atoms. The number of nitriles is 1. The number of hydrogen-bond acceptors (Lipinski definition) is 2. The SMILES string of the molecule is CCC(CC#N)NC(=O)C(Cl)c1ccccc1. The third-order valence-electron chi connectivity index (χ3n) is 2.50. The number of amides is 1. The van der Waals surface area contributed by atoms with E-state index in [2.05, 4.69) is 5.32 Å². The Morgan fingerprint density at radius 2 is 2.12 bits per heavy atom. The summed E-state index contributed by atoms with van der Waals surface area (Å²) >= 11 is 6.06. The van der Waals surface area contributed by atoms with Gasteiger partial charge in [0.1, 0.15) is 5.38 Å². The van der Waals surface area contributed by atoms with E-state index in [0.717, 1.165) is 12.0 Å². The molecule has 3 nitrogen and oxygen atoms in total. The van der Waals surface area contributed by atoms with Crippen molar-refractivity contribution in [3.8, 4) is 6.07 Å². The average Bonchev–Trinajstić information content (AvgIpc) is 2.38. The van der Waals surface area contributed by atoms with E-state index in [1.807, 2.05) is 43.3 Å². The summed E-state index contributed by atoms with van der Waals surface area (Å²) in [6.07, 6.45) is 1.03. The van der Waals surface area contributed by atoms with Gasteiger partial charge in [0, 0.05) is 6.04 Å². The topological polar surface area (TPSA) is 52.9 Å². The van der Waals surface area contributed by atoms with E-state index in [-0.39, 0.29) is 11.9 Å². The fourth-order valence-corrected chi connectivity index (χ4v) is 1.66. The Morgan fingerprint density at radius 1 is 1.47 bits per heavy atom. The number of carbonyl (C=O) groups is 1. The van der Waals surface area contributed by atoms with Crippen LogP contribution in [0.25, 0.3) is 0 Å². The van der Waals surface area contributed by atoms with Crippen molar-refractivity contribution in [1.82, 2.24) is 5.32 Å². The molecule has 0 aromatic heterocycles. The standard InChI is InChI=1S/C13H15ClN2O/c1-2-11(8-9-15)16-13(17)12(14)10-6-4-3-5-7-10/h3-7,11-12H,2,8H2,1H3,(H,16,17). The lowest BCUT2D eigenvalue weighted by atomic mass is 10.1. The lowest BCUT2D eigenvalue weighted by Gasteiger charge is -2.16. The van der Waals surface area contributed by atoms with Gasteiger partial charge in [0.05, 0.1) is 12.5 Å². The Labute approximate surface area is 106 Å². The molecule has 0 aliphatic rings. The predicted octanol–water partition coefficient (Wildman–Crippen LogP) is 2.77. The summed E-state index contributed by atoms with van der Waals surface area (Å²) in [5.74, 6) is -0.250. The second kappa shape index (κ2) is 6.93. The largest absolute Gasteiger partial charge is 0.351 e. The van der Waals surface area contributed by atoms with Crippen LogP contribution in [0.2, 0.25) is 0 Å². The Kier molecular flexibility index (Phi) is 5.51. The number of carbonyl (C=O) groups excluding carboxylic acids is 1. The van der Waals surface area contributed by atoms with Crippen LogP contribution in [-0.2, 0) is 4.79 Å². The summed E-state index contributed by atoms with van der Waals surface area (Å²) < 4.78 is 0. The van der Waals surface area contributed by atoms with Gasteiger partial charge in [0.2, 0.25) is 5.91 Å². The molecule has 0 radical (unpaired) electrons. The number of hydrogen-bond donors (Lipinski definition) is 1. The van der Waals surface area contributed by atoms with Crippen molar-refractivity contribution >= 4 is 17.5 Å². The average molecular weight is 251 g/mol. The van der Waals surface area contributed by atoms with E-state index in [9.17, 15) is 4.79 Å². The molecule has 1 amide bonds. The minimum Gasteiger partial charge on any atom is -0.351 e. The highest BCUT2D eigenvalue weighted by Crippen LogP contribution is 2.20. The number of alkyl halides is 1. The molecule has 1 rings (SSSR count). The van der Waals surface area contributed by atoms with Crippen LogP contribution in [0.1, 0.15) is 30.7 Å². The van der Waals surface area contributed by atoms with E-state index in [4.69, 9.17) is 16.9 Å². The van der Waals surface area contributed by atoms with Crippen molar-refractivity contribution in [2.75, 3.05) is 0 Å². The molecule has 0 bridgehead atoms. The van der Waals surface area contributed by atoms with Crippen molar-refractivity contribution in [2.45, 2.75) is 31.2 Å². The first-order chi connectivity index (χ1) is 8.19. The minimum absolute atomic E-state index is 0.127. The maximum absolute atomic E-state index is 11.8. The molecule has 0 aliphatic carbocycles. The zero-order valence-electron chi connectivity index (χ0n) is 9.69. The quantitative estimate of drug-likeness (QED) is 0.817. The summed E-state index contributed by atoms with van der Waals surface area (Å²) in [4.78, 5) is 11.8. The van der Waals surface area contributed by atoms with Gasteiger partial charge in [-0.05, 0) is 12.0 Å². The van der Waals surface area contributed by atoms with E-state index < -0.39 is 5.38 Å². The maximum atomic E-state index is 11.8. The first kappa shape index (κ1) is 13.5. The highest BCUT2D eigenvalue weighted by atomic mass is 35.5. The Hall–Kier alpha value is -1.53. The second-order valence-corrected chi connectivity index (χ2v) is 4.19. The van der Waals surface area contributed by atoms with Gasteiger partial charge >= 0.3 is 0 Å². The number of nitrogens with zero attached hydrogens (tertiary/aromatic N) is 1. The van der Waals surface area contributed by atoms with Crippen LogP contribution in [-0.4, -0.2) is 11.9 Å². The molecule has 0 heterocycles. The van der Waals surface area contributed by atoms with Crippen LogP contribution in [0.3, 0.4) is 0 Å². The fraction of sp³-hybridized carbons (Fsp3) is 0.385. The van der Waals surface area contributed by atoms with Crippen molar-refractivity contribution in [1.29, 1.82) is 5.26 Å². The van der Waals surface area contributed by atoms with Gasteiger partial charge in [-0.2, -0.15) is 5.26 Å². The van der Waals surface area contributed by atoms with Crippen molar-refractivity contribution < 1.29 is 4.79 Å². The molecule has 90 valence electrons. The van der Waals surface area contributed by atoms with Crippen LogP contribution in [0.5, 0.6) is 0 Å². The lowest BCUT2D eigenvalue weighted by molar-refractivity contribution is -0.121. The van der Waals surface area contributed by atoms with E-state index >= 15 is 0 Å². The van der Waals surface area contributed by atoms with Crippen LogP contribution >= 0.6 is 11.6 Å². The third kappa shape index (κ3) is 4.08. The van der Waals surface area contributed by atoms with E-state index in [0.29, 0.717) is 6.42 Å². The molecular formula is C13H15ClN2O. The van der Waals surface area contributed by atoms with Crippen molar-refractivity contribution in [3.05, 3.63) is 35.9 Å². The highest BCUT2D eigenvalue weighted by molar-refractivity contribution is 6.30. The molecule has 0 fully saturated rings. The zero-order chi connectivity index (χ0) is 12.7. The van der Waals surface area contributed by atoms with Crippen LogP contribution in [0, 0.1) is 11.3 Å². The molecule has 0 saturated heterocycles. The number of halogens is 1. The monoisotopic (exact) mass is 250 g/mol. The number of benzene rings is 1. The number of rotatable bonds is 5. The Bertz CT molecular complexity index is 400. The third-order valence-corrected chi connectivity index (χ3v) is 2.95.